The van der Waals surface area contributed by atoms with Crippen molar-refractivity contribution < 1.29 is 19.4 Å². The Balaban J connectivity index is 1.45. The lowest BCUT2D eigenvalue weighted by atomic mass is 10.1. The minimum Gasteiger partial charge on any atom is -0.457 e. The molecule has 4 rings (SSSR count). The number of rotatable bonds is 7. The van der Waals surface area contributed by atoms with E-state index >= 15 is 0 Å². The van der Waals surface area contributed by atoms with Gasteiger partial charge in [-0.2, -0.15) is 0 Å². The van der Waals surface area contributed by atoms with Crippen molar-refractivity contribution in [2.45, 2.75) is 19.8 Å². The number of carbonyl (C=O) groups excluding carboxylic acids is 2. The molecule has 0 aliphatic rings. The van der Waals surface area contributed by atoms with Gasteiger partial charge in [0.25, 0.3) is 11.5 Å². The van der Waals surface area contributed by atoms with E-state index in [1.807, 2.05) is 6.07 Å². The molecule has 0 radical (unpaired) electrons. The van der Waals surface area contributed by atoms with Gasteiger partial charge in [-0.15, -0.1) is 11.3 Å². The molecular weight excluding hydrogens is 466 g/mol. The number of carbonyl (C=O) groups is 2. The van der Waals surface area contributed by atoms with E-state index in [2.05, 4.69) is 15.3 Å². The average molecular weight is 484 g/mol. The molecule has 0 saturated carbocycles. The number of ether oxygens (including phenoxy) is 1. The van der Waals surface area contributed by atoms with Gasteiger partial charge in [0.2, 0.25) is 5.82 Å². The Labute approximate surface area is 196 Å². The van der Waals surface area contributed by atoms with Crippen molar-refractivity contribution in [2.24, 2.45) is 0 Å². The van der Waals surface area contributed by atoms with Gasteiger partial charge in [-0.3, -0.25) is 9.59 Å². The van der Waals surface area contributed by atoms with Crippen LogP contribution in [0.5, 0.6) is 0 Å². The number of aliphatic hydroxyl groups excluding tert-OH is 1. The summed E-state index contributed by atoms with van der Waals surface area (Å²) >= 11 is 7.13. The molecule has 1 amide bonds. The number of aromatic amines is 1. The quantitative estimate of drug-likeness (QED) is 0.346. The Morgan fingerprint density at radius 1 is 1.15 bits per heavy atom. The Morgan fingerprint density at radius 2 is 1.94 bits per heavy atom. The molecule has 2 heterocycles. The average Bonchev–Trinajstić information content (AvgIpc) is 3.24. The second-order valence-electron chi connectivity index (χ2n) is 7.10. The SMILES string of the molecule is O=C(OCc1csc2nc(C(=O)NCc3cccc(Cl)c3)[nH]c(=O)c12)c1ccc(CO)cc1. The van der Waals surface area contributed by atoms with Crippen LogP contribution in [0.25, 0.3) is 10.2 Å². The summed E-state index contributed by atoms with van der Waals surface area (Å²) in [4.78, 5) is 44.5. The summed E-state index contributed by atoms with van der Waals surface area (Å²) in [6, 6.07) is 13.4. The van der Waals surface area contributed by atoms with Crippen molar-refractivity contribution >= 4 is 45.0 Å². The van der Waals surface area contributed by atoms with Crippen LogP contribution in [0, 0.1) is 0 Å². The second kappa shape index (κ2) is 9.95. The maximum atomic E-state index is 12.6. The highest BCUT2D eigenvalue weighted by Crippen LogP contribution is 2.22. The van der Waals surface area contributed by atoms with Crippen LogP contribution in [0.3, 0.4) is 0 Å². The van der Waals surface area contributed by atoms with Crippen LogP contribution in [0.15, 0.2) is 58.7 Å². The van der Waals surface area contributed by atoms with Gasteiger partial charge in [0, 0.05) is 22.5 Å². The topological polar surface area (TPSA) is 121 Å². The number of H-pyrrole nitrogens is 1. The number of fused-ring (bicyclic) bond motifs is 1. The number of aromatic nitrogens is 2. The zero-order valence-corrected chi connectivity index (χ0v) is 18.7. The van der Waals surface area contributed by atoms with Crippen LogP contribution in [0.1, 0.15) is 37.7 Å². The number of nitrogens with zero attached hydrogens (tertiary/aromatic N) is 1. The van der Waals surface area contributed by atoms with Crippen molar-refractivity contribution in [1.29, 1.82) is 0 Å². The molecule has 2 aromatic heterocycles. The van der Waals surface area contributed by atoms with Gasteiger partial charge in [-0.1, -0.05) is 35.9 Å². The number of thiophene rings is 1. The normalized spacial score (nSPS) is 10.8. The third kappa shape index (κ3) is 5.28. The van der Waals surface area contributed by atoms with Crippen LogP contribution in [0.4, 0.5) is 0 Å². The number of hydrogen-bond donors (Lipinski definition) is 3. The summed E-state index contributed by atoms with van der Waals surface area (Å²) in [5, 5.41) is 14.3. The standard InChI is InChI=1S/C23H18ClN3O5S/c24-17-3-1-2-14(8-17)9-25-21(30)19-26-20(29)18-16(12-33-22(18)27-19)11-32-23(31)15-6-4-13(10-28)5-7-15/h1-8,12,28H,9-11H2,(H,25,30)(H,26,27,29). The highest BCUT2D eigenvalue weighted by atomic mass is 35.5. The van der Waals surface area contributed by atoms with Crippen LogP contribution in [0.2, 0.25) is 5.02 Å². The van der Waals surface area contributed by atoms with Crippen LogP contribution >= 0.6 is 22.9 Å². The highest BCUT2D eigenvalue weighted by molar-refractivity contribution is 7.16. The molecule has 0 aliphatic heterocycles. The van der Waals surface area contributed by atoms with Crippen LogP contribution in [-0.2, 0) is 24.5 Å². The van der Waals surface area contributed by atoms with Gasteiger partial charge < -0.3 is 20.1 Å². The van der Waals surface area contributed by atoms with E-state index in [1.54, 1.807) is 47.8 Å². The van der Waals surface area contributed by atoms with Gasteiger partial charge in [-0.25, -0.2) is 9.78 Å². The zero-order chi connectivity index (χ0) is 23.4. The third-order valence-electron chi connectivity index (χ3n) is 4.81. The lowest BCUT2D eigenvalue weighted by Gasteiger charge is -2.06. The summed E-state index contributed by atoms with van der Waals surface area (Å²) in [5.41, 5.74) is 1.82. The van der Waals surface area contributed by atoms with Crippen LogP contribution < -0.4 is 10.9 Å². The first-order valence-corrected chi connectivity index (χ1v) is 11.1. The summed E-state index contributed by atoms with van der Waals surface area (Å²) in [5.74, 6) is -1.19. The number of hydrogen-bond acceptors (Lipinski definition) is 7. The van der Waals surface area contributed by atoms with Gasteiger partial charge in [0.05, 0.1) is 17.6 Å². The molecule has 0 fully saturated rings. The van der Waals surface area contributed by atoms with E-state index in [9.17, 15) is 14.4 Å². The van der Waals surface area contributed by atoms with Crippen molar-refractivity contribution in [3.63, 3.8) is 0 Å². The fourth-order valence-electron chi connectivity index (χ4n) is 3.11. The summed E-state index contributed by atoms with van der Waals surface area (Å²) in [6.07, 6.45) is 0. The van der Waals surface area contributed by atoms with E-state index in [0.717, 1.165) is 5.56 Å². The van der Waals surface area contributed by atoms with Crippen molar-refractivity contribution in [3.05, 3.63) is 97.4 Å². The Bertz CT molecular complexity index is 1380. The smallest absolute Gasteiger partial charge is 0.338 e. The zero-order valence-electron chi connectivity index (χ0n) is 17.1. The number of halogens is 1. The van der Waals surface area contributed by atoms with Gasteiger partial charge in [0.15, 0.2) is 0 Å². The number of aliphatic hydroxyl groups is 1. The lowest BCUT2D eigenvalue weighted by molar-refractivity contribution is 0.0474. The number of amides is 1. The van der Waals surface area contributed by atoms with E-state index in [4.69, 9.17) is 21.4 Å². The molecule has 168 valence electrons. The van der Waals surface area contributed by atoms with E-state index in [1.165, 1.54) is 11.3 Å². The maximum absolute atomic E-state index is 12.6. The molecular formula is C23H18ClN3O5S. The molecule has 0 aliphatic carbocycles. The molecule has 0 unspecified atom stereocenters. The predicted molar refractivity (Wildman–Crippen MR) is 124 cm³/mol. The van der Waals surface area contributed by atoms with E-state index < -0.39 is 17.4 Å². The van der Waals surface area contributed by atoms with Crippen molar-refractivity contribution in [2.75, 3.05) is 0 Å². The van der Waals surface area contributed by atoms with Gasteiger partial charge in [-0.05, 0) is 35.4 Å². The molecule has 33 heavy (non-hydrogen) atoms. The molecule has 10 heteroatoms. The first-order valence-electron chi connectivity index (χ1n) is 9.84. The minimum atomic E-state index is -0.555. The molecule has 0 atom stereocenters. The summed E-state index contributed by atoms with van der Waals surface area (Å²) in [7, 11) is 0. The number of benzene rings is 2. The predicted octanol–water partition coefficient (Wildman–Crippen LogP) is 3.42. The van der Waals surface area contributed by atoms with E-state index in [-0.39, 0.29) is 31.0 Å². The first kappa shape index (κ1) is 22.7. The largest absolute Gasteiger partial charge is 0.457 e. The molecule has 0 saturated heterocycles. The molecule has 3 N–H and O–H groups in total. The molecule has 8 nitrogen and oxygen atoms in total. The monoisotopic (exact) mass is 483 g/mol. The first-order chi connectivity index (χ1) is 15.9. The Kier molecular flexibility index (Phi) is 6.83. The molecule has 0 spiro atoms. The molecule has 0 bridgehead atoms. The fraction of sp³-hybridized carbons (Fsp3) is 0.130. The van der Waals surface area contributed by atoms with Crippen molar-refractivity contribution in [1.82, 2.24) is 15.3 Å². The third-order valence-corrected chi connectivity index (χ3v) is 5.96. The molecule has 2 aromatic carbocycles. The number of esters is 1. The maximum Gasteiger partial charge on any atom is 0.338 e. The lowest BCUT2D eigenvalue weighted by Crippen LogP contribution is -2.27. The van der Waals surface area contributed by atoms with Gasteiger partial charge in [0.1, 0.15) is 11.4 Å². The minimum absolute atomic E-state index is 0.108. The van der Waals surface area contributed by atoms with Crippen LogP contribution in [-0.4, -0.2) is 27.0 Å². The highest BCUT2D eigenvalue weighted by Gasteiger charge is 2.17. The van der Waals surface area contributed by atoms with Gasteiger partial charge >= 0.3 is 5.97 Å². The Morgan fingerprint density at radius 3 is 2.67 bits per heavy atom. The number of nitrogens with one attached hydrogen (secondary N) is 2. The second-order valence-corrected chi connectivity index (χ2v) is 8.39. The Hall–Kier alpha value is -3.53. The summed E-state index contributed by atoms with van der Waals surface area (Å²) in [6.45, 7) is -0.00959. The fourth-order valence-corrected chi connectivity index (χ4v) is 4.24. The molecule has 4 aromatic rings. The van der Waals surface area contributed by atoms with Crippen molar-refractivity contribution in [3.8, 4) is 0 Å². The van der Waals surface area contributed by atoms with E-state index in [0.29, 0.717) is 26.5 Å². The summed E-state index contributed by atoms with van der Waals surface area (Å²) < 4.78 is 5.32.